The number of thiazole rings is 1. The van der Waals surface area contributed by atoms with Gasteiger partial charge in [0, 0.05) is 11.9 Å². The Balaban J connectivity index is 1.94. The molecule has 0 radical (unpaired) electrons. The molecule has 7 heteroatoms. The zero-order valence-corrected chi connectivity index (χ0v) is 12.0. The van der Waals surface area contributed by atoms with Gasteiger partial charge in [-0.25, -0.2) is 4.98 Å². The highest BCUT2D eigenvalue weighted by molar-refractivity contribution is 7.11. The number of carbonyl (C=O) groups excluding carboxylic acids is 2. The van der Waals surface area contributed by atoms with Crippen molar-refractivity contribution < 1.29 is 14.0 Å². The van der Waals surface area contributed by atoms with E-state index >= 15 is 0 Å². The molecule has 0 aliphatic heterocycles. The summed E-state index contributed by atoms with van der Waals surface area (Å²) < 4.78 is 5.35. The van der Waals surface area contributed by atoms with Crippen molar-refractivity contribution in [1.82, 2.24) is 15.6 Å². The Kier molecular flexibility index (Phi) is 4.52. The Hall–Kier alpha value is -2.15. The van der Waals surface area contributed by atoms with Crippen LogP contribution in [0.1, 0.15) is 38.7 Å². The SMILES string of the molecule is CCNC(=O)c1nc(C(=O)NCc2ccc(C)o2)cs1. The minimum atomic E-state index is -0.328. The molecule has 20 heavy (non-hydrogen) atoms. The number of hydrogen-bond donors (Lipinski definition) is 2. The van der Waals surface area contributed by atoms with Gasteiger partial charge in [-0.3, -0.25) is 9.59 Å². The number of carbonyl (C=O) groups is 2. The Morgan fingerprint density at radius 2 is 2.10 bits per heavy atom. The van der Waals surface area contributed by atoms with E-state index in [1.807, 2.05) is 19.9 Å². The summed E-state index contributed by atoms with van der Waals surface area (Å²) in [4.78, 5) is 27.4. The molecule has 2 amide bonds. The number of nitrogens with one attached hydrogen (secondary N) is 2. The lowest BCUT2D eigenvalue weighted by molar-refractivity contribution is 0.0943. The van der Waals surface area contributed by atoms with Crippen LogP contribution in [-0.4, -0.2) is 23.3 Å². The standard InChI is InChI=1S/C13H15N3O3S/c1-3-14-12(18)13-16-10(7-20-13)11(17)15-6-9-5-4-8(2)19-9/h4-5,7H,3,6H2,1-2H3,(H,14,18)(H,15,17). The number of furan rings is 1. The number of rotatable bonds is 5. The fraction of sp³-hybridized carbons (Fsp3) is 0.308. The largest absolute Gasteiger partial charge is 0.465 e. The number of aromatic nitrogens is 1. The Morgan fingerprint density at radius 1 is 1.30 bits per heavy atom. The quantitative estimate of drug-likeness (QED) is 0.879. The summed E-state index contributed by atoms with van der Waals surface area (Å²) in [6.45, 7) is 4.48. The lowest BCUT2D eigenvalue weighted by Gasteiger charge is -2.00. The molecule has 0 aliphatic rings. The maximum absolute atomic E-state index is 11.9. The molecule has 0 saturated carbocycles. The van der Waals surface area contributed by atoms with Gasteiger partial charge in [0.15, 0.2) is 5.01 Å². The fourth-order valence-corrected chi connectivity index (χ4v) is 2.27. The summed E-state index contributed by atoms with van der Waals surface area (Å²) in [7, 11) is 0. The van der Waals surface area contributed by atoms with Gasteiger partial charge >= 0.3 is 0 Å². The van der Waals surface area contributed by atoms with Crippen LogP contribution in [0.5, 0.6) is 0 Å². The zero-order chi connectivity index (χ0) is 14.5. The van der Waals surface area contributed by atoms with Crippen molar-refractivity contribution >= 4 is 23.2 Å². The third kappa shape index (κ3) is 3.45. The highest BCUT2D eigenvalue weighted by Gasteiger charge is 2.15. The van der Waals surface area contributed by atoms with E-state index in [0.29, 0.717) is 18.8 Å². The first-order chi connectivity index (χ1) is 9.60. The number of aryl methyl sites for hydroxylation is 1. The van der Waals surface area contributed by atoms with Crippen LogP contribution in [0.4, 0.5) is 0 Å². The van der Waals surface area contributed by atoms with E-state index in [4.69, 9.17) is 4.42 Å². The van der Waals surface area contributed by atoms with Crippen LogP contribution in [0.2, 0.25) is 0 Å². The Morgan fingerprint density at radius 3 is 2.75 bits per heavy atom. The van der Waals surface area contributed by atoms with Crippen molar-refractivity contribution in [2.24, 2.45) is 0 Å². The first-order valence-corrected chi connectivity index (χ1v) is 7.05. The van der Waals surface area contributed by atoms with E-state index in [9.17, 15) is 9.59 Å². The third-order valence-electron chi connectivity index (χ3n) is 2.49. The van der Waals surface area contributed by atoms with Crippen LogP contribution in [0.15, 0.2) is 21.9 Å². The van der Waals surface area contributed by atoms with E-state index in [1.54, 1.807) is 11.4 Å². The molecular weight excluding hydrogens is 278 g/mol. The van der Waals surface area contributed by atoms with Crippen LogP contribution in [0.3, 0.4) is 0 Å². The summed E-state index contributed by atoms with van der Waals surface area (Å²) >= 11 is 1.14. The molecule has 2 heterocycles. The molecule has 2 aromatic heterocycles. The molecule has 106 valence electrons. The van der Waals surface area contributed by atoms with Crippen LogP contribution in [0, 0.1) is 6.92 Å². The van der Waals surface area contributed by atoms with E-state index in [0.717, 1.165) is 17.1 Å². The van der Waals surface area contributed by atoms with Crippen LogP contribution < -0.4 is 10.6 Å². The monoisotopic (exact) mass is 293 g/mol. The summed E-state index contributed by atoms with van der Waals surface area (Å²) in [5.41, 5.74) is 0.236. The van der Waals surface area contributed by atoms with Crippen molar-refractivity contribution in [2.75, 3.05) is 6.54 Å². The Labute approximate surface area is 120 Å². The van der Waals surface area contributed by atoms with Crippen LogP contribution in [0.25, 0.3) is 0 Å². The summed E-state index contributed by atoms with van der Waals surface area (Å²) in [5.74, 6) is 0.875. The normalized spacial score (nSPS) is 10.3. The molecule has 6 nitrogen and oxygen atoms in total. The van der Waals surface area contributed by atoms with Crippen LogP contribution in [-0.2, 0) is 6.54 Å². The third-order valence-corrected chi connectivity index (χ3v) is 3.33. The van der Waals surface area contributed by atoms with Gasteiger partial charge in [-0.05, 0) is 26.0 Å². The first-order valence-electron chi connectivity index (χ1n) is 6.17. The highest BCUT2D eigenvalue weighted by Crippen LogP contribution is 2.10. The van der Waals surface area contributed by atoms with Gasteiger partial charge in [0.1, 0.15) is 17.2 Å². The molecule has 0 fully saturated rings. The van der Waals surface area contributed by atoms with Gasteiger partial charge in [-0.1, -0.05) is 0 Å². The predicted octanol–water partition coefficient (Wildman–Crippen LogP) is 1.72. The predicted molar refractivity (Wildman–Crippen MR) is 74.7 cm³/mol. The summed E-state index contributed by atoms with van der Waals surface area (Å²) in [5, 5.41) is 7.18. The van der Waals surface area contributed by atoms with Gasteiger partial charge in [-0.2, -0.15) is 0 Å². The second-order valence-electron chi connectivity index (χ2n) is 4.09. The minimum Gasteiger partial charge on any atom is -0.465 e. The molecule has 2 rings (SSSR count). The molecule has 0 saturated heterocycles. The van der Waals surface area contributed by atoms with Crippen molar-refractivity contribution in [2.45, 2.75) is 20.4 Å². The van der Waals surface area contributed by atoms with Gasteiger partial charge in [0.2, 0.25) is 0 Å². The molecule has 0 atom stereocenters. The van der Waals surface area contributed by atoms with Gasteiger partial charge in [-0.15, -0.1) is 11.3 Å². The van der Waals surface area contributed by atoms with Crippen LogP contribution >= 0.6 is 11.3 Å². The molecule has 2 N–H and O–H groups in total. The first kappa shape index (κ1) is 14.3. The van der Waals surface area contributed by atoms with Crippen molar-refractivity contribution in [3.8, 4) is 0 Å². The second-order valence-corrected chi connectivity index (χ2v) is 4.95. The maximum Gasteiger partial charge on any atom is 0.280 e. The average molecular weight is 293 g/mol. The Bertz CT molecular complexity index is 618. The zero-order valence-electron chi connectivity index (χ0n) is 11.2. The molecule has 0 unspecified atom stereocenters. The number of hydrogen-bond acceptors (Lipinski definition) is 5. The lowest BCUT2D eigenvalue weighted by Crippen LogP contribution is -2.24. The topological polar surface area (TPSA) is 84.2 Å². The van der Waals surface area contributed by atoms with E-state index < -0.39 is 0 Å². The number of amides is 2. The van der Waals surface area contributed by atoms with Crippen molar-refractivity contribution in [3.63, 3.8) is 0 Å². The molecule has 0 bridgehead atoms. The smallest absolute Gasteiger partial charge is 0.280 e. The van der Waals surface area contributed by atoms with E-state index in [-0.39, 0.29) is 22.5 Å². The second kappa shape index (κ2) is 6.33. The summed E-state index contributed by atoms with van der Waals surface area (Å²) in [6.07, 6.45) is 0. The van der Waals surface area contributed by atoms with Gasteiger partial charge < -0.3 is 15.1 Å². The molecule has 0 spiro atoms. The number of nitrogens with zero attached hydrogens (tertiary/aromatic N) is 1. The fourth-order valence-electron chi connectivity index (χ4n) is 1.56. The average Bonchev–Trinajstić information content (AvgIpc) is 3.05. The highest BCUT2D eigenvalue weighted by atomic mass is 32.1. The van der Waals surface area contributed by atoms with E-state index in [2.05, 4.69) is 15.6 Å². The maximum atomic E-state index is 11.9. The molecule has 0 aliphatic carbocycles. The minimum absolute atomic E-state index is 0.236. The van der Waals surface area contributed by atoms with Crippen molar-refractivity contribution in [1.29, 1.82) is 0 Å². The molecule has 2 aromatic rings. The van der Waals surface area contributed by atoms with E-state index in [1.165, 1.54) is 0 Å². The molecular formula is C13H15N3O3S. The van der Waals surface area contributed by atoms with Crippen molar-refractivity contribution in [3.05, 3.63) is 39.7 Å². The van der Waals surface area contributed by atoms with Gasteiger partial charge in [0.05, 0.1) is 6.54 Å². The summed E-state index contributed by atoms with van der Waals surface area (Å²) in [6, 6.07) is 3.63. The lowest BCUT2D eigenvalue weighted by atomic mass is 10.4. The molecule has 0 aromatic carbocycles. The van der Waals surface area contributed by atoms with Gasteiger partial charge in [0.25, 0.3) is 11.8 Å².